The summed E-state index contributed by atoms with van der Waals surface area (Å²) in [7, 11) is 0. The minimum Gasteiger partial charge on any atom is -0.253 e. The van der Waals surface area contributed by atoms with Crippen LogP contribution in [0.25, 0.3) is 11.3 Å². The molecule has 4 rings (SSSR count). The molecule has 23 heavy (non-hydrogen) atoms. The molecule has 0 aliphatic heterocycles. The van der Waals surface area contributed by atoms with E-state index in [2.05, 4.69) is 48.7 Å². The lowest BCUT2D eigenvalue weighted by Gasteiger charge is -2.34. The fourth-order valence-corrected chi connectivity index (χ4v) is 4.94. The van der Waals surface area contributed by atoms with Crippen molar-refractivity contribution < 1.29 is 0 Å². The lowest BCUT2D eigenvalue weighted by atomic mass is 9.70. The molecule has 2 atom stereocenters. The van der Waals surface area contributed by atoms with Gasteiger partial charge in [0.2, 0.25) is 5.13 Å². The molecular formula is C19H23N3S. The average Bonchev–Trinajstić information content (AvgIpc) is 3.16. The van der Waals surface area contributed by atoms with Gasteiger partial charge in [-0.25, -0.2) is 4.98 Å². The summed E-state index contributed by atoms with van der Waals surface area (Å²) in [4.78, 5) is 4.66. The molecule has 2 bridgehead atoms. The van der Waals surface area contributed by atoms with Gasteiger partial charge in [-0.3, -0.25) is 5.43 Å². The molecule has 1 aromatic heterocycles. The monoisotopic (exact) mass is 325 g/mol. The average molecular weight is 325 g/mol. The Labute approximate surface area is 141 Å². The molecule has 2 aromatic rings. The summed E-state index contributed by atoms with van der Waals surface area (Å²) in [5.74, 6) is 0.782. The summed E-state index contributed by atoms with van der Waals surface area (Å²) in [5.41, 5.74) is 7.32. The molecule has 0 radical (unpaired) electrons. The number of rotatable bonds is 3. The molecule has 1 N–H and O–H groups in total. The van der Waals surface area contributed by atoms with Gasteiger partial charge in [-0.1, -0.05) is 51.1 Å². The number of anilines is 1. The topological polar surface area (TPSA) is 37.3 Å². The molecule has 2 fully saturated rings. The van der Waals surface area contributed by atoms with Gasteiger partial charge < -0.3 is 0 Å². The van der Waals surface area contributed by atoms with Crippen LogP contribution in [0.15, 0.2) is 40.8 Å². The zero-order valence-electron chi connectivity index (χ0n) is 14.0. The Morgan fingerprint density at radius 1 is 1.22 bits per heavy atom. The Balaban J connectivity index is 1.53. The highest BCUT2D eigenvalue weighted by atomic mass is 32.1. The maximum absolute atomic E-state index is 4.77. The molecule has 0 saturated heterocycles. The van der Waals surface area contributed by atoms with Gasteiger partial charge in [-0.15, -0.1) is 11.3 Å². The quantitative estimate of drug-likeness (QED) is 0.765. The highest BCUT2D eigenvalue weighted by molar-refractivity contribution is 7.14. The Hall–Kier alpha value is -1.68. The van der Waals surface area contributed by atoms with E-state index in [9.17, 15) is 0 Å². The van der Waals surface area contributed by atoms with Crippen LogP contribution in [0, 0.1) is 16.7 Å². The first-order valence-corrected chi connectivity index (χ1v) is 9.23. The summed E-state index contributed by atoms with van der Waals surface area (Å²) in [6.45, 7) is 7.20. The Morgan fingerprint density at radius 3 is 2.65 bits per heavy atom. The van der Waals surface area contributed by atoms with Crippen molar-refractivity contribution in [1.29, 1.82) is 0 Å². The van der Waals surface area contributed by atoms with E-state index in [-0.39, 0.29) is 5.41 Å². The molecule has 0 amide bonds. The van der Waals surface area contributed by atoms with Crippen molar-refractivity contribution in [1.82, 2.24) is 4.98 Å². The Morgan fingerprint density at radius 2 is 2.00 bits per heavy atom. The zero-order chi connectivity index (χ0) is 16.1. The molecule has 2 aliphatic rings. The highest BCUT2D eigenvalue weighted by Gasteiger charge is 2.59. The molecule has 1 aromatic carbocycles. The molecule has 0 unspecified atom stereocenters. The van der Waals surface area contributed by atoms with Gasteiger partial charge >= 0.3 is 0 Å². The number of thiazole rings is 1. The predicted octanol–water partition coefficient (Wildman–Crippen LogP) is 5.42. The molecule has 1 heterocycles. The summed E-state index contributed by atoms with van der Waals surface area (Å²) >= 11 is 1.62. The molecule has 4 heteroatoms. The lowest BCUT2D eigenvalue weighted by Crippen LogP contribution is -2.32. The molecular weight excluding hydrogens is 302 g/mol. The largest absolute Gasteiger partial charge is 0.253 e. The molecule has 120 valence electrons. The van der Waals surface area contributed by atoms with E-state index in [0.29, 0.717) is 5.41 Å². The number of hydrogen-bond donors (Lipinski definition) is 1. The van der Waals surface area contributed by atoms with Crippen LogP contribution < -0.4 is 5.43 Å². The normalized spacial score (nSPS) is 30.0. The van der Waals surface area contributed by atoms with Gasteiger partial charge in [0, 0.05) is 22.1 Å². The van der Waals surface area contributed by atoms with Crippen molar-refractivity contribution >= 4 is 22.2 Å². The van der Waals surface area contributed by atoms with Gasteiger partial charge in [0.05, 0.1) is 5.69 Å². The summed E-state index contributed by atoms with van der Waals surface area (Å²) in [6, 6.07) is 10.3. The summed E-state index contributed by atoms with van der Waals surface area (Å²) in [5, 5.41) is 7.73. The van der Waals surface area contributed by atoms with Gasteiger partial charge in [0.25, 0.3) is 0 Å². The van der Waals surface area contributed by atoms with Crippen molar-refractivity contribution in [2.24, 2.45) is 21.8 Å². The maximum atomic E-state index is 4.77. The number of nitrogens with one attached hydrogen (secondary N) is 1. The van der Waals surface area contributed by atoms with Crippen molar-refractivity contribution in [3.8, 4) is 11.3 Å². The van der Waals surface area contributed by atoms with Crippen LogP contribution in [-0.4, -0.2) is 10.7 Å². The van der Waals surface area contributed by atoms with Crippen LogP contribution in [0.2, 0.25) is 0 Å². The third-order valence-electron chi connectivity index (χ3n) is 6.37. The minimum absolute atomic E-state index is 0.240. The van der Waals surface area contributed by atoms with Crippen molar-refractivity contribution in [2.75, 3.05) is 5.43 Å². The van der Waals surface area contributed by atoms with E-state index in [4.69, 9.17) is 5.10 Å². The highest BCUT2D eigenvalue weighted by Crippen LogP contribution is 2.63. The summed E-state index contributed by atoms with van der Waals surface area (Å²) < 4.78 is 0. The third-order valence-corrected chi connectivity index (χ3v) is 7.12. The van der Waals surface area contributed by atoms with Crippen LogP contribution in [0.1, 0.15) is 40.0 Å². The number of fused-ring (bicyclic) bond motifs is 2. The first-order chi connectivity index (χ1) is 11.0. The van der Waals surface area contributed by atoms with E-state index in [1.165, 1.54) is 18.6 Å². The SMILES string of the molecule is CC1(C)[C@H]2CC[C@@]1(C)/C(=N/Nc1nc(-c3ccccc3)cs1)C2. The van der Waals surface area contributed by atoms with Crippen LogP contribution in [-0.2, 0) is 0 Å². The van der Waals surface area contributed by atoms with Crippen LogP contribution in [0.3, 0.4) is 0 Å². The number of hydrogen-bond acceptors (Lipinski definition) is 4. The maximum Gasteiger partial charge on any atom is 0.203 e. The second kappa shape index (κ2) is 5.17. The van der Waals surface area contributed by atoms with Gasteiger partial charge in [0.15, 0.2) is 0 Å². The summed E-state index contributed by atoms with van der Waals surface area (Å²) in [6.07, 6.45) is 3.74. The fourth-order valence-electron chi connectivity index (χ4n) is 4.28. The fraction of sp³-hybridized carbons (Fsp3) is 0.474. The first-order valence-electron chi connectivity index (χ1n) is 8.35. The second-order valence-electron chi connectivity index (χ2n) is 7.57. The Bertz CT molecular complexity index is 747. The van der Waals surface area contributed by atoms with Crippen molar-refractivity contribution in [2.45, 2.75) is 40.0 Å². The standard InChI is InChI=1S/C19H23N3S/c1-18(2)14-9-10-19(18,3)16(11-14)21-22-17-20-15(12-23-17)13-7-5-4-6-8-13/h4-8,12,14H,9-11H2,1-3H3,(H,20,22)/b21-16+/t14-,19-/m0/s1. The number of hydrazone groups is 1. The molecule has 2 aliphatic carbocycles. The smallest absolute Gasteiger partial charge is 0.203 e. The van der Waals surface area contributed by atoms with E-state index in [1.807, 2.05) is 18.2 Å². The second-order valence-corrected chi connectivity index (χ2v) is 8.43. The molecule has 0 spiro atoms. The van der Waals surface area contributed by atoms with Gasteiger partial charge in [-0.2, -0.15) is 5.10 Å². The minimum atomic E-state index is 0.240. The van der Waals surface area contributed by atoms with Gasteiger partial charge in [0.1, 0.15) is 0 Å². The number of aromatic nitrogens is 1. The molecule has 3 nitrogen and oxygen atoms in total. The van der Waals surface area contributed by atoms with Crippen molar-refractivity contribution in [3.63, 3.8) is 0 Å². The number of nitrogens with zero attached hydrogens (tertiary/aromatic N) is 2. The first kappa shape index (κ1) is 14.9. The van der Waals surface area contributed by atoms with E-state index >= 15 is 0 Å². The third kappa shape index (κ3) is 2.23. The van der Waals surface area contributed by atoms with E-state index < -0.39 is 0 Å². The van der Waals surface area contributed by atoms with Gasteiger partial charge in [-0.05, 0) is 30.6 Å². The van der Waals surface area contributed by atoms with Crippen LogP contribution >= 0.6 is 11.3 Å². The predicted molar refractivity (Wildman–Crippen MR) is 97.8 cm³/mol. The number of benzene rings is 1. The van der Waals surface area contributed by atoms with Crippen LogP contribution in [0.5, 0.6) is 0 Å². The van der Waals surface area contributed by atoms with E-state index in [0.717, 1.165) is 28.7 Å². The van der Waals surface area contributed by atoms with Crippen LogP contribution in [0.4, 0.5) is 5.13 Å². The zero-order valence-corrected chi connectivity index (χ0v) is 14.8. The Kier molecular flexibility index (Phi) is 3.34. The molecule has 2 saturated carbocycles. The lowest BCUT2D eigenvalue weighted by molar-refractivity contribution is 0.194. The van der Waals surface area contributed by atoms with Crippen molar-refractivity contribution in [3.05, 3.63) is 35.7 Å². The van der Waals surface area contributed by atoms with E-state index in [1.54, 1.807) is 11.3 Å².